The highest BCUT2D eigenvalue weighted by Crippen LogP contribution is 2.29. The number of H-pyrrole nitrogens is 1. The third-order valence-electron chi connectivity index (χ3n) is 4.32. The topological polar surface area (TPSA) is 62.7 Å². The number of carbonyl (C=O) groups is 1. The van der Waals surface area contributed by atoms with E-state index in [0.29, 0.717) is 12.2 Å². The van der Waals surface area contributed by atoms with Crippen molar-refractivity contribution in [2.45, 2.75) is 12.5 Å². The average molecular weight is 330 g/mol. The lowest BCUT2D eigenvalue weighted by molar-refractivity contribution is -0.116. The van der Waals surface area contributed by atoms with Gasteiger partial charge in [-0.15, -0.1) is 0 Å². The number of hydrogen-bond acceptors (Lipinski definition) is 2. The summed E-state index contributed by atoms with van der Waals surface area (Å²) in [6.45, 7) is 0. The van der Waals surface area contributed by atoms with Crippen LogP contribution < -0.4 is 5.32 Å². The summed E-state index contributed by atoms with van der Waals surface area (Å²) in [5, 5.41) is 11.8. The van der Waals surface area contributed by atoms with E-state index in [1.54, 1.807) is 12.3 Å². The molecule has 25 heavy (non-hydrogen) atoms. The molecule has 2 N–H and O–H groups in total. The molecule has 2 aromatic heterocycles. The molecule has 0 spiro atoms. The van der Waals surface area contributed by atoms with Gasteiger partial charge in [0.25, 0.3) is 0 Å². The standard InChI is InChI=1S/C20H18N4O/c25-20(22-19-10-11-21-23-19)14-18(24-12-3-4-13-24)17-9-5-7-15-6-1-2-8-16(15)17/h1-13,18H,14H2,(H2,21,22,23,25)/t18-/m0/s1. The molecule has 0 aliphatic rings. The minimum atomic E-state index is -0.0796. The van der Waals surface area contributed by atoms with E-state index >= 15 is 0 Å². The molecule has 0 saturated heterocycles. The molecule has 0 radical (unpaired) electrons. The zero-order chi connectivity index (χ0) is 17.1. The van der Waals surface area contributed by atoms with Crippen molar-refractivity contribution in [3.63, 3.8) is 0 Å². The predicted molar refractivity (Wildman–Crippen MR) is 98.4 cm³/mol. The van der Waals surface area contributed by atoms with Gasteiger partial charge in [0.1, 0.15) is 5.82 Å². The molecule has 2 aromatic carbocycles. The number of carbonyl (C=O) groups excluding carboxylic acids is 1. The van der Waals surface area contributed by atoms with Crippen molar-refractivity contribution in [3.05, 3.63) is 84.8 Å². The summed E-state index contributed by atoms with van der Waals surface area (Å²) in [6.07, 6.45) is 5.94. The van der Waals surface area contributed by atoms with Crippen molar-refractivity contribution >= 4 is 22.5 Å². The van der Waals surface area contributed by atoms with Crippen molar-refractivity contribution in [2.24, 2.45) is 0 Å². The molecule has 1 amide bonds. The Morgan fingerprint density at radius 3 is 2.64 bits per heavy atom. The number of nitrogens with zero attached hydrogens (tertiary/aromatic N) is 2. The van der Waals surface area contributed by atoms with Gasteiger partial charge in [-0.25, -0.2) is 0 Å². The van der Waals surface area contributed by atoms with Gasteiger partial charge in [0.2, 0.25) is 5.91 Å². The highest BCUT2D eigenvalue weighted by atomic mass is 16.1. The Hall–Kier alpha value is -3.34. The number of aromatic nitrogens is 3. The van der Waals surface area contributed by atoms with Crippen molar-refractivity contribution in [2.75, 3.05) is 5.32 Å². The van der Waals surface area contributed by atoms with Gasteiger partial charge in [0.05, 0.1) is 18.7 Å². The van der Waals surface area contributed by atoms with E-state index in [1.807, 2.05) is 42.7 Å². The molecule has 0 aliphatic carbocycles. The molecule has 0 unspecified atom stereocenters. The summed E-state index contributed by atoms with van der Waals surface area (Å²) >= 11 is 0. The van der Waals surface area contributed by atoms with Crippen LogP contribution in [0.1, 0.15) is 18.0 Å². The van der Waals surface area contributed by atoms with Gasteiger partial charge in [-0.3, -0.25) is 9.89 Å². The van der Waals surface area contributed by atoms with Crippen molar-refractivity contribution in [1.82, 2.24) is 14.8 Å². The maximum Gasteiger partial charge on any atom is 0.227 e. The van der Waals surface area contributed by atoms with Crippen LogP contribution >= 0.6 is 0 Å². The molecule has 0 aliphatic heterocycles. The maximum absolute atomic E-state index is 12.6. The summed E-state index contributed by atoms with van der Waals surface area (Å²) in [5.74, 6) is 0.546. The SMILES string of the molecule is O=C(C[C@@H](c1cccc2ccccc12)n1cccc1)Nc1ccn[nH]1. The van der Waals surface area contributed by atoms with E-state index in [2.05, 4.69) is 44.3 Å². The van der Waals surface area contributed by atoms with Crippen molar-refractivity contribution < 1.29 is 4.79 Å². The lowest BCUT2D eigenvalue weighted by Gasteiger charge is -2.21. The Morgan fingerprint density at radius 2 is 1.84 bits per heavy atom. The summed E-state index contributed by atoms with van der Waals surface area (Å²) in [7, 11) is 0. The van der Waals surface area contributed by atoms with Gasteiger partial charge in [0, 0.05) is 18.5 Å². The van der Waals surface area contributed by atoms with Crippen LogP contribution in [0.15, 0.2) is 79.3 Å². The van der Waals surface area contributed by atoms with E-state index in [9.17, 15) is 4.79 Å². The number of benzene rings is 2. The molecular formula is C20H18N4O. The minimum Gasteiger partial charge on any atom is -0.346 e. The lowest BCUT2D eigenvalue weighted by atomic mass is 9.96. The van der Waals surface area contributed by atoms with E-state index in [0.717, 1.165) is 10.9 Å². The van der Waals surface area contributed by atoms with Crippen LogP contribution in [0.5, 0.6) is 0 Å². The Labute approximate surface area is 145 Å². The molecule has 5 heteroatoms. The smallest absolute Gasteiger partial charge is 0.227 e. The van der Waals surface area contributed by atoms with Crippen molar-refractivity contribution in [1.29, 1.82) is 0 Å². The fraction of sp³-hybridized carbons (Fsp3) is 0.100. The second kappa shape index (κ2) is 6.65. The van der Waals surface area contributed by atoms with Crippen molar-refractivity contribution in [3.8, 4) is 0 Å². The molecule has 1 atom stereocenters. The first-order valence-electron chi connectivity index (χ1n) is 8.20. The van der Waals surface area contributed by atoms with Crippen LogP contribution in [-0.4, -0.2) is 20.7 Å². The maximum atomic E-state index is 12.6. The molecule has 0 bridgehead atoms. The van der Waals surface area contributed by atoms with E-state index in [-0.39, 0.29) is 11.9 Å². The monoisotopic (exact) mass is 330 g/mol. The molecule has 5 nitrogen and oxygen atoms in total. The quantitative estimate of drug-likeness (QED) is 0.581. The molecular weight excluding hydrogens is 312 g/mol. The summed E-state index contributed by atoms with van der Waals surface area (Å²) in [4.78, 5) is 12.6. The highest BCUT2D eigenvalue weighted by Gasteiger charge is 2.19. The first-order chi connectivity index (χ1) is 12.3. The Kier molecular flexibility index (Phi) is 4.04. The van der Waals surface area contributed by atoms with Gasteiger partial charge in [0.15, 0.2) is 0 Å². The number of rotatable bonds is 5. The van der Waals surface area contributed by atoms with Crippen LogP contribution in [0.25, 0.3) is 10.8 Å². The van der Waals surface area contributed by atoms with Gasteiger partial charge in [-0.05, 0) is 28.5 Å². The number of fused-ring (bicyclic) bond motifs is 1. The Morgan fingerprint density at radius 1 is 1.04 bits per heavy atom. The summed E-state index contributed by atoms with van der Waals surface area (Å²) < 4.78 is 2.08. The Balaban J connectivity index is 1.70. The van der Waals surface area contributed by atoms with Crippen LogP contribution in [0.4, 0.5) is 5.82 Å². The van der Waals surface area contributed by atoms with Gasteiger partial charge >= 0.3 is 0 Å². The predicted octanol–water partition coefficient (Wildman–Crippen LogP) is 3.98. The lowest BCUT2D eigenvalue weighted by Crippen LogP contribution is -2.20. The van der Waals surface area contributed by atoms with E-state index < -0.39 is 0 Å². The summed E-state index contributed by atoms with van der Waals surface area (Å²) in [6, 6.07) is 20.1. The number of nitrogens with one attached hydrogen (secondary N) is 2. The molecule has 4 aromatic rings. The van der Waals surface area contributed by atoms with Gasteiger partial charge in [-0.2, -0.15) is 5.10 Å². The number of aromatic amines is 1. The largest absolute Gasteiger partial charge is 0.346 e. The number of amides is 1. The second-order valence-electron chi connectivity index (χ2n) is 5.94. The fourth-order valence-electron chi connectivity index (χ4n) is 3.17. The minimum absolute atomic E-state index is 0.0594. The molecule has 0 saturated carbocycles. The molecule has 4 rings (SSSR count). The second-order valence-corrected chi connectivity index (χ2v) is 5.94. The first kappa shape index (κ1) is 15.2. The fourth-order valence-corrected chi connectivity index (χ4v) is 3.17. The first-order valence-corrected chi connectivity index (χ1v) is 8.20. The third-order valence-corrected chi connectivity index (χ3v) is 4.32. The summed E-state index contributed by atoms with van der Waals surface area (Å²) in [5.41, 5.74) is 1.13. The molecule has 124 valence electrons. The van der Waals surface area contributed by atoms with E-state index in [4.69, 9.17) is 0 Å². The normalized spacial score (nSPS) is 12.2. The van der Waals surface area contributed by atoms with Crippen LogP contribution in [0, 0.1) is 0 Å². The average Bonchev–Trinajstić information content (AvgIpc) is 3.33. The molecule has 0 fully saturated rings. The zero-order valence-corrected chi connectivity index (χ0v) is 13.6. The van der Waals surface area contributed by atoms with Gasteiger partial charge in [-0.1, -0.05) is 42.5 Å². The molecule has 2 heterocycles. The van der Waals surface area contributed by atoms with Gasteiger partial charge < -0.3 is 9.88 Å². The number of anilines is 1. The Bertz CT molecular complexity index is 969. The zero-order valence-electron chi connectivity index (χ0n) is 13.6. The highest BCUT2D eigenvalue weighted by molar-refractivity contribution is 5.91. The van der Waals surface area contributed by atoms with E-state index in [1.165, 1.54) is 5.39 Å². The van der Waals surface area contributed by atoms with Crippen LogP contribution in [0.3, 0.4) is 0 Å². The number of hydrogen-bond donors (Lipinski definition) is 2. The van der Waals surface area contributed by atoms with Crippen LogP contribution in [0.2, 0.25) is 0 Å². The van der Waals surface area contributed by atoms with Crippen LogP contribution in [-0.2, 0) is 4.79 Å². The third kappa shape index (κ3) is 3.17.